The summed E-state index contributed by atoms with van der Waals surface area (Å²) >= 11 is 0. The van der Waals surface area contributed by atoms with Crippen LogP contribution in [0, 0.1) is 5.41 Å². The number of nitrogens with zero attached hydrogens (tertiary/aromatic N) is 1. The molecule has 1 aliphatic heterocycles. The third-order valence-corrected chi connectivity index (χ3v) is 5.53. The Bertz CT molecular complexity index is 323. The van der Waals surface area contributed by atoms with Gasteiger partial charge in [0.05, 0.1) is 12.0 Å². The minimum Gasteiger partial charge on any atom is -0.396 e. The van der Waals surface area contributed by atoms with Gasteiger partial charge in [0.1, 0.15) is 0 Å². The molecule has 2 fully saturated rings. The first-order valence-corrected chi connectivity index (χ1v) is 8.14. The largest absolute Gasteiger partial charge is 0.396 e. The zero-order chi connectivity index (χ0) is 14.6. The number of rotatable bonds is 4. The highest BCUT2D eigenvalue weighted by molar-refractivity contribution is 5.77. The highest BCUT2D eigenvalue weighted by Crippen LogP contribution is 2.36. The molecule has 116 valence electrons. The third-order valence-electron chi connectivity index (χ3n) is 5.53. The first-order valence-electron chi connectivity index (χ1n) is 8.14. The van der Waals surface area contributed by atoms with E-state index in [9.17, 15) is 15.0 Å². The topological polar surface area (TPSA) is 60.8 Å². The normalized spacial score (nSPS) is 25.4. The molecule has 20 heavy (non-hydrogen) atoms. The Kier molecular flexibility index (Phi) is 5.08. The SMILES string of the molecule is CCC1(CO)CCN(C(=O)CC2(O)CCCCC2)CC1. The van der Waals surface area contributed by atoms with Crippen LogP contribution in [0.5, 0.6) is 0 Å². The van der Waals surface area contributed by atoms with Crippen molar-refractivity contribution in [3.8, 4) is 0 Å². The molecule has 2 rings (SSSR count). The van der Waals surface area contributed by atoms with Crippen LogP contribution >= 0.6 is 0 Å². The van der Waals surface area contributed by atoms with Gasteiger partial charge < -0.3 is 15.1 Å². The molecule has 1 heterocycles. The van der Waals surface area contributed by atoms with E-state index in [4.69, 9.17) is 0 Å². The highest BCUT2D eigenvalue weighted by Gasteiger charge is 2.37. The number of hydrogen-bond acceptors (Lipinski definition) is 3. The van der Waals surface area contributed by atoms with E-state index in [1.54, 1.807) is 0 Å². The molecule has 0 atom stereocenters. The van der Waals surface area contributed by atoms with Crippen molar-refractivity contribution >= 4 is 5.91 Å². The summed E-state index contributed by atoms with van der Waals surface area (Å²) in [5.41, 5.74) is -0.746. The van der Waals surface area contributed by atoms with Crippen molar-refractivity contribution in [1.82, 2.24) is 4.90 Å². The summed E-state index contributed by atoms with van der Waals surface area (Å²) in [5.74, 6) is 0.0945. The van der Waals surface area contributed by atoms with Crippen LogP contribution in [0.25, 0.3) is 0 Å². The Labute approximate surface area is 122 Å². The highest BCUT2D eigenvalue weighted by atomic mass is 16.3. The van der Waals surface area contributed by atoms with E-state index in [1.165, 1.54) is 6.42 Å². The first kappa shape index (κ1) is 15.8. The molecule has 0 radical (unpaired) electrons. The number of aliphatic hydroxyl groups is 2. The summed E-state index contributed by atoms with van der Waals surface area (Å²) in [4.78, 5) is 14.2. The lowest BCUT2D eigenvalue weighted by atomic mass is 9.76. The van der Waals surface area contributed by atoms with Crippen molar-refractivity contribution in [3.63, 3.8) is 0 Å². The maximum atomic E-state index is 12.4. The van der Waals surface area contributed by atoms with Crippen molar-refractivity contribution < 1.29 is 15.0 Å². The molecular formula is C16H29NO3. The molecule has 1 saturated carbocycles. The molecule has 4 nitrogen and oxygen atoms in total. The number of likely N-dealkylation sites (tertiary alicyclic amines) is 1. The van der Waals surface area contributed by atoms with E-state index < -0.39 is 5.60 Å². The molecule has 1 saturated heterocycles. The molecule has 1 amide bonds. The summed E-state index contributed by atoms with van der Waals surface area (Å²) in [7, 11) is 0. The fourth-order valence-electron chi connectivity index (χ4n) is 3.63. The van der Waals surface area contributed by atoms with Gasteiger partial charge in [-0.3, -0.25) is 4.79 Å². The molecule has 2 aliphatic rings. The van der Waals surface area contributed by atoms with Crippen molar-refractivity contribution in [2.24, 2.45) is 5.41 Å². The zero-order valence-corrected chi connectivity index (χ0v) is 12.7. The van der Waals surface area contributed by atoms with E-state index >= 15 is 0 Å². The van der Waals surface area contributed by atoms with E-state index in [0.29, 0.717) is 0 Å². The predicted octanol–water partition coefficient (Wildman–Crippen LogP) is 2.08. The van der Waals surface area contributed by atoms with Gasteiger partial charge in [-0.1, -0.05) is 26.2 Å². The summed E-state index contributed by atoms with van der Waals surface area (Å²) < 4.78 is 0. The lowest BCUT2D eigenvalue weighted by Gasteiger charge is -2.41. The third kappa shape index (κ3) is 3.53. The monoisotopic (exact) mass is 283 g/mol. The van der Waals surface area contributed by atoms with Crippen molar-refractivity contribution in [1.29, 1.82) is 0 Å². The summed E-state index contributed by atoms with van der Waals surface area (Å²) in [5, 5.41) is 20.0. The Hall–Kier alpha value is -0.610. The Morgan fingerprint density at radius 2 is 1.70 bits per heavy atom. The molecule has 1 aliphatic carbocycles. The van der Waals surface area contributed by atoms with E-state index in [1.807, 2.05) is 4.90 Å². The minimum atomic E-state index is -0.758. The Morgan fingerprint density at radius 3 is 2.20 bits per heavy atom. The Morgan fingerprint density at radius 1 is 1.10 bits per heavy atom. The van der Waals surface area contributed by atoms with Gasteiger partial charge in [0.2, 0.25) is 5.91 Å². The number of carbonyl (C=O) groups is 1. The van der Waals surface area contributed by atoms with Crippen LogP contribution in [0.3, 0.4) is 0 Å². The molecular weight excluding hydrogens is 254 g/mol. The van der Waals surface area contributed by atoms with E-state index in [2.05, 4.69) is 6.92 Å². The van der Waals surface area contributed by atoms with Gasteiger partial charge >= 0.3 is 0 Å². The number of aliphatic hydroxyl groups excluding tert-OH is 1. The average Bonchev–Trinajstić information content (AvgIpc) is 2.47. The summed E-state index contributed by atoms with van der Waals surface area (Å²) in [6, 6.07) is 0. The molecule has 0 spiro atoms. The van der Waals surface area contributed by atoms with Crippen LogP contribution in [0.2, 0.25) is 0 Å². The van der Waals surface area contributed by atoms with Crippen LogP contribution < -0.4 is 0 Å². The van der Waals surface area contributed by atoms with Crippen molar-refractivity contribution in [3.05, 3.63) is 0 Å². The minimum absolute atomic E-state index is 0.0124. The van der Waals surface area contributed by atoms with Crippen LogP contribution in [-0.2, 0) is 4.79 Å². The second-order valence-electron chi connectivity index (χ2n) is 6.85. The van der Waals surface area contributed by atoms with Gasteiger partial charge in [0.15, 0.2) is 0 Å². The van der Waals surface area contributed by atoms with Gasteiger partial charge in [-0.2, -0.15) is 0 Å². The van der Waals surface area contributed by atoms with E-state index in [-0.39, 0.29) is 24.3 Å². The van der Waals surface area contributed by atoms with E-state index in [0.717, 1.165) is 58.0 Å². The molecule has 0 aromatic rings. The smallest absolute Gasteiger partial charge is 0.225 e. The fourth-order valence-corrected chi connectivity index (χ4v) is 3.63. The maximum Gasteiger partial charge on any atom is 0.225 e. The van der Waals surface area contributed by atoms with Crippen molar-refractivity contribution in [2.45, 2.75) is 70.3 Å². The number of carbonyl (C=O) groups excluding carboxylic acids is 1. The summed E-state index contributed by atoms with van der Waals surface area (Å²) in [6.07, 6.45) is 7.79. The van der Waals surface area contributed by atoms with Gasteiger partial charge in [0.25, 0.3) is 0 Å². The second-order valence-corrected chi connectivity index (χ2v) is 6.85. The lowest BCUT2D eigenvalue weighted by molar-refractivity contribution is -0.140. The van der Waals surface area contributed by atoms with Crippen LogP contribution in [0.15, 0.2) is 0 Å². The molecule has 0 aromatic heterocycles. The Balaban J connectivity index is 1.85. The average molecular weight is 283 g/mol. The number of amides is 1. The molecule has 0 bridgehead atoms. The number of piperidine rings is 1. The van der Waals surface area contributed by atoms with Gasteiger partial charge in [-0.15, -0.1) is 0 Å². The lowest BCUT2D eigenvalue weighted by Crippen LogP contribution is -2.47. The van der Waals surface area contributed by atoms with Crippen LogP contribution in [0.4, 0.5) is 0 Å². The summed E-state index contributed by atoms with van der Waals surface area (Å²) in [6.45, 7) is 3.78. The van der Waals surface area contributed by atoms with Gasteiger partial charge in [0, 0.05) is 19.7 Å². The first-order chi connectivity index (χ1) is 9.52. The fraction of sp³-hybridized carbons (Fsp3) is 0.938. The van der Waals surface area contributed by atoms with Gasteiger partial charge in [-0.05, 0) is 37.5 Å². The van der Waals surface area contributed by atoms with Gasteiger partial charge in [-0.25, -0.2) is 0 Å². The number of hydrogen-bond donors (Lipinski definition) is 2. The second kappa shape index (κ2) is 6.44. The standard InChI is InChI=1S/C16H29NO3/c1-2-15(13-18)8-10-17(11-9-15)14(19)12-16(20)6-4-3-5-7-16/h18,20H,2-13H2,1H3. The maximum absolute atomic E-state index is 12.4. The molecule has 0 aromatic carbocycles. The van der Waals surface area contributed by atoms with Crippen LogP contribution in [0.1, 0.15) is 64.7 Å². The van der Waals surface area contributed by atoms with Crippen LogP contribution in [-0.4, -0.2) is 46.3 Å². The molecule has 0 unspecified atom stereocenters. The zero-order valence-electron chi connectivity index (χ0n) is 12.7. The molecule has 4 heteroatoms. The quantitative estimate of drug-likeness (QED) is 0.830. The molecule has 2 N–H and O–H groups in total. The van der Waals surface area contributed by atoms with Crippen molar-refractivity contribution in [2.75, 3.05) is 19.7 Å². The predicted molar refractivity (Wildman–Crippen MR) is 78.3 cm³/mol.